The zero-order valence-corrected chi connectivity index (χ0v) is 8.33. The normalized spacial score (nSPS) is 10.5. The summed E-state index contributed by atoms with van der Waals surface area (Å²) in [7, 11) is 2.07. The van der Waals surface area contributed by atoms with Gasteiger partial charge in [0.1, 0.15) is 5.82 Å². The van der Waals surface area contributed by atoms with Gasteiger partial charge in [-0.3, -0.25) is 0 Å². The summed E-state index contributed by atoms with van der Waals surface area (Å²) in [6.45, 7) is 4.19. The molecule has 1 aromatic heterocycles. The van der Waals surface area contributed by atoms with Gasteiger partial charge in [-0.1, -0.05) is 6.92 Å². The lowest BCUT2D eigenvalue weighted by Gasteiger charge is -2.00. The zero-order valence-electron chi connectivity index (χ0n) is 7.51. The number of aromatic nitrogens is 2. The molecule has 3 heteroatoms. The molecular weight excluding hydrogens is 156 g/mol. The minimum atomic E-state index is 1.01. The summed E-state index contributed by atoms with van der Waals surface area (Å²) in [5, 5.41) is 1.28. The predicted molar refractivity (Wildman–Crippen MR) is 49.1 cm³/mol. The molecular formula is C8H14N2S. The highest BCUT2D eigenvalue weighted by atomic mass is 32.2. The van der Waals surface area contributed by atoms with Crippen LogP contribution in [-0.2, 0) is 13.5 Å². The molecule has 0 aliphatic carbocycles. The van der Waals surface area contributed by atoms with Crippen LogP contribution in [0.3, 0.4) is 0 Å². The summed E-state index contributed by atoms with van der Waals surface area (Å²) in [5.74, 6) is 1.17. The topological polar surface area (TPSA) is 17.8 Å². The van der Waals surface area contributed by atoms with E-state index in [1.54, 1.807) is 11.8 Å². The van der Waals surface area contributed by atoms with E-state index in [1.807, 2.05) is 0 Å². The molecule has 0 radical (unpaired) electrons. The molecule has 0 spiro atoms. The van der Waals surface area contributed by atoms with Crippen molar-refractivity contribution in [2.45, 2.75) is 25.3 Å². The monoisotopic (exact) mass is 170 g/mol. The van der Waals surface area contributed by atoms with E-state index >= 15 is 0 Å². The molecule has 0 N–H and O–H groups in total. The third kappa shape index (κ3) is 1.43. The largest absolute Gasteiger partial charge is 0.326 e. The highest BCUT2D eigenvalue weighted by Gasteiger charge is 2.07. The molecule has 0 bridgehead atoms. The van der Waals surface area contributed by atoms with Crippen LogP contribution < -0.4 is 0 Å². The first-order valence-electron chi connectivity index (χ1n) is 3.76. The lowest BCUT2D eigenvalue weighted by molar-refractivity contribution is 0.751. The Morgan fingerprint density at radius 3 is 2.45 bits per heavy atom. The maximum absolute atomic E-state index is 4.44. The highest BCUT2D eigenvalue weighted by molar-refractivity contribution is 7.98. The van der Waals surface area contributed by atoms with Crippen LogP contribution in [0.2, 0.25) is 0 Å². The van der Waals surface area contributed by atoms with Gasteiger partial charge in [0.25, 0.3) is 0 Å². The van der Waals surface area contributed by atoms with Crippen molar-refractivity contribution in [2.24, 2.45) is 7.05 Å². The standard InChI is InChI=1S/C8H14N2S/c1-5-7-9-6(2)8(11-4)10(7)3/h5H2,1-4H3. The molecule has 0 amide bonds. The molecule has 2 nitrogen and oxygen atoms in total. The molecule has 1 rings (SSSR count). The summed E-state index contributed by atoms with van der Waals surface area (Å²) in [4.78, 5) is 4.44. The lowest BCUT2D eigenvalue weighted by Crippen LogP contribution is -1.96. The Labute approximate surface area is 72.0 Å². The summed E-state index contributed by atoms with van der Waals surface area (Å²) in [6.07, 6.45) is 3.10. The van der Waals surface area contributed by atoms with Gasteiger partial charge in [0.2, 0.25) is 0 Å². The molecule has 0 aliphatic heterocycles. The number of aryl methyl sites for hydroxylation is 2. The number of hydrogen-bond acceptors (Lipinski definition) is 2. The van der Waals surface area contributed by atoms with Gasteiger partial charge in [0.15, 0.2) is 0 Å². The SMILES string of the molecule is CCc1nc(C)c(SC)n1C. The predicted octanol–water partition coefficient (Wildman–Crippen LogP) is 2.01. The van der Waals surface area contributed by atoms with Gasteiger partial charge < -0.3 is 4.57 Å². The Bertz CT molecular complexity index is 253. The third-order valence-electron chi connectivity index (χ3n) is 1.81. The lowest BCUT2D eigenvalue weighted by atomic mass is 10.5. The van der Waals surface area contributed by atoms with E-state index in [9.17, 15) is 0 Å². The first-order valence-corrected chi connectivity index (χ1v) is 4.99. The fourth-order valence-electron chi connectivity index (χ4n) is 1.28. The summed E-state index contributed by atoms with van der Waals surface area (Å²) in [6, 6.07) is 0. The minimum absolute atomic E-state index is 1.01. The van der Waals surface area contributed by atoms with E-state index < -0.39 is 0 Å². The van der Waals surface area contributed by atoms with Crippen LogP contribution in [0.5, 0.6) is 0 Å². The maximum atomic E-state index is 4.44. The van der Waals surface area contributed by atoms with Crippen molar-refractivity contribution in [1.29, 1.82) is 0 Å². The first kappa shape index (κ1) is 8.65. The van der Waals surface area contributed by atoms with Crippen LogP contribution >= 0.6 is 11.8 Å². The molecule has 1 heterocycles. The molecule has 0 saturated heterocycles. The third-order valence-corrected chi connectivity index (χ3v) is 2.76. The number of imidazole rings is 1. The number of rotatable bonds is 2. The Balaban J connectivity index is 3.14. The Kier molecular flexibility index (Phi) is 2.60. The Morgan fingerprint density at radius 2 is 2.18 bits per heavy atom. The van der Waals surface area contributed by atoms with E-state index in [4.69, 9.17) is 0 Å². The van der Waals surface area contributed by atoms with Crippen LogP contribution in [0.15, 0.2) is 5.03 Å². The van der Waals surface area contributed by atoms with Crippen LogP contribution in [0.1, 0.15) is 18.4 Å². The zero-order chi connectivity index (χ0) is 8.43. The quantitative estimate of drug-likeness (QED) is 0.632. The Hall–Kier alpha value is -0.440. The van der Waals surface area contributed by atoms with E-state index in [0.29, 0.717) is 0 Å². The van der Waals surface area contributed by atoms with Crippen molar-refractivity contribution in [2.75, 3.05) is 6.26 Å². The van der Waals surface area contributed by atoms with E-state index in [2.05, 4.69) is 36.7 Å². The van der Waals surface area contributed by atoms with Crippen molar-refractivity contribution < 1.29 is 0 Å². The molecule has 0 aromatic carbocycles. The molecule has 0 unspecified atom stereocenters. The highest BCUT2D eigenvalue weighted by Crippen LogP contribution is 2.19. The molecule has 0 aliphatic rings. The second-order valence-corrected chi connectivity index (χ2v) is 3.33. The Morgan fingerprint density at radius 1 is 1.55 bits per heavy atom. The fraction of sp³-hybridized carbons (Fsp3) is 0.625. The molecule has 0 fully saturated rings. The smallest absolute Gasteiger partial charge is 0.109 e. The van der Waals surface area contributed by atoms with Crippen molar-refractivity contribution >= 4 is 11.8 Å². The molecule has 11 heavy (non-hydrogen) atoms. The number of hydrogen-bond donors (Lipinski definition) is 0. The van der Waals surface area contributed by atoms with Gasteiger partial charge >= 0.3 is 0 Å². The van der Waals surface area contributed by atoms with Gasteiger partial charge in [0.05, 0.1) is 10.7 Å². The molecule has 0 saturated carbocycles. The molecule has 62 valence electrons. The van der Waals surface area contributed by atoms with Crippen LogP contribution in [0.4, 0.5) is 0 Å². The van der Waals surface area contributed by atoms with E-state index in [1.165, 1.54) is 10.9 Å². The van der Waals surface area contributed by atoms with Crippen LogP contribution in [0, 0.1) is 6.92 Å². The van der Waals surface area contributed by atoms with E-state index in [0.717, 1.165) is 12.1 Å². The average molecular weight is 170 g/mol. The van der Waals surface area contributed by atoms with Gasteiger partial charge in [0, 0.05) is 13.5 Å². The van der Waals surface area contributed by atoms with Crippen LogP contribution in [0.25, 0.3) is 0 Å². The maximum Gasteiger partial charge on any atom is 0.109 e. The first-order chi connectivity index (χ1) is 5.20. The fourth-order valence-corrected chi connectivity index (χ4v) is 2.00. The second-order valence-electron chi connectivity index (χ2n) is 2.54. The van der Waals surface area contributed by atoms with Gasteiger partial charge in [-0.2, -0.15) is 0 Å². The molecule has 0 atom stereocenters. The van der Waals surface area contributed by atoms with Crippen molar-refractivity contribution in [1.82, 2.24) is 9.55 Å². The summed E-state index contributed by atoms with van der Waals surface area (Å²) < 4.78 is 2.17. The summed E-state index contributed by atoms with van der Waals surface area (Å²) >= 11 is 1.76. The van der Waals surface area contributed by atoms with E-state index in [-0.39, 0.29) is 0 Å². The van der Waals surface area contributed by atoms with Crippen molar-refractivity contribution in [3.8, 4) is 0 Å². The van der Waals surface area contributed by atoms with Crippen molar-refractivity contribution in [3.05, 3.63) is 11.5 Å². The number of nitrogens with zero attached hydrogens (tertiary/aromatic N) is 2. The van der Waals surface area contributed by atoms with Gasteiger partial charge in [-0.15, -0.1) is 11.8 Å². The number of thioether (sulfide) groups is 1. The minimum Gasteiger partial charge on any atom is -0.326 e. The molecule has 1 aromatic rings. The second kappa shape index (κ2) is 3.30. The van der Waals surface area contributed by atoms with Crippen molar-refractivity contribution in [3.63, 3.8) is 0 Å². The summed E-state index contributed by atoms with van der Waals surface area (Å²) in [5.41, 5.74) is 1.15. The van der Waals surface area contributed by atoms with Gasteiger partial charge in [-0.05, 0) is 13.2 Å². The average Bonchev–Trinajstić information content (AvgIpc) is 2.26. The van der Waals surface area contributed by atoms with Gasteiger partial charge in [-0.25, -0.2) is 4.98 Å². The van der Waals surface area contributed by atoms with Crippen LogP contribution in [-0.4, -0.2) is 15.8 Å².